The van der Waals surface area contributed by atoms with Gasteiger partial charge in [0.25, 0.3) is 0 Å². The lowest BCUT2D eigenvalue weighted by molar-refractivity contribution is 1.18. The van der Waals surface area contributed by atoms with Crippen molar-refractivity contribution in [1.29, 1.82) is 0 Å². The fourth-order valence-electron chi connectivity index (χ4n) is 7.82. The molecule has 2 heteroatoms. The van der Waals surface area contributed by atoms with Gasteiger partial charge in [0.05, 0.1) is 11.0 Å². The molecule has 0 atom stereocenters. The summed E-state index contributed by atoms with van der Waals surface area (Å²) in [6, 6.07) is 66.2. The molecular formula is C46H30N2. The first-order chi connectivity index (χ1) is 23.8. The Morgan fingerprint density at radius 2 is 0.854 bits per heavy atom. The molecule has 9 aromatic carbocycles. The minimum atomic E-state index is 1.14. The first-order valence-electron chi connectivity index (χ1n) is 16.5. The number of aromatic nitrogens is 1. The topological polar surface area (TPSA) is 8.17 Å². The highest BCUT2D eigenvalue weighted by Gasteiger charge is 2.18. The summed E-state index contributed by atoms with van der Waals surface area (Å²) in [4.78, 5) is 2.35. The highest BCUT2D eigenvalue weighted by molar-refractivity contribution is 6.30. The fraction of sp³-hybridized carbons (Fsp3) is 0. The van der Waals surface area contributed by atoms with Crippen molar-refractivity contribution >= 4 is 82.0 Å². The van der Waals surface area contributed by atoms with Gasteiger partial charge in [-0.3, -0.25) is 0 Å². The Kier molecular flexibility index (Phi) is 5.91. The third-order valence-electron chi connectivity index (χ3n) is 9.89. The van der Waals surface area contributed by atoms with Crippen molar-refractivity contribution in [2.24, 2.45) is 0 Å². The predicted octanol–water partition coefficient (Wildman–Crippen LogP) is 12.9. The van der Waals surface area contributed by atoms with Crippen LogP contribution in [0, 0.1) is 0 Å². The van der Waals surface area contributed by atoms with Crippen LogP contribution in [0.15, 0.2) is 182 Å². The van der Waals surface area contributed by atoms with Crippen molar-refractivity contribution < 1.29 is 0 Å². The van der Waals surface area contributed by atoms with Gasteiger partial charge in [-0.2, -0.15) is 0 Å². The van der Waals surface area contributed by atoms with Gasteiger partial charge in [-0.1, -0.05) is 109 Å². The van der Waals surface area contributed by atoms with Gasteiger partial charge in [-0.05, 0) is 116 Å². The maximum Gasteiger partial charge on any atom is 0.0547 e. The average Bonchev–Trinajstić information content (AvgIpc) is 3.50. The van der Waals surface area contributed by atoms with E-state index in [0.717, 1.165) is 17.1 Å². The highest BCUT2D eigenvalue weighted by atomic mass is 15.1. The van der Waals surface area contributed by atoms with Crippen molar-refractivity contribution in [1.82, 2.24) is 4.57 Å². The summed E-state index contributed by atoms with van der Waals surface area (Å²) < 4.78 is 2.40. The van der Waals surface area contributed by atoms with Gasteiger partial charge < -0.3 is 9.47 Å². The molecule has 2 nitrogen and oxygen atoms in total. The van der Waals surface area contributed by atoms with Crippen LogP contribution in [0.1, 0.15) is 0 Å². The van der Waals surface area contributed by atoms with E-state index in [0.29, 0.717) is 0 Å². The Labute approximate surface area is 278 Å². The van der Waals surface area contributed by atoms with E-state index in [1.165, 1.54) is 70.6 Å². The zero-order valence-corrected chi connectivity index (χ0v) is 26.2. The molecule has 0 unspecified atom stereocenters. The molecule has 0 aliphatic carbocycles. The molecule has 0 saturated carbocycles. The maximum atomic E-state index is 2.45. The second-order valence-electron chi connectivity index (χ2n) is 12.5. The quantitative estimate of drug-likeness (QED) is 0.142. The van der Waals surface area contributed by atoms with E-state index in [1.54, 1.807) is 0 Å². The van der Waals surface area contributed by atoms with Crippen molar-refractivity contribution in [3.05, 3.63) is 182 Å². The molecule has 0 spiro atoms. The maximum absolute atomic E-state index is 2.45. The first kappa shape index (κ1) is 26.8. The second kappa shape index (κ2) is 10.6. The molecule has 0 aliphatic rings. The minimum absolute atomic E-state index is 1.14. The largest absolute Gasteiger partial charge is 0.310 e. The molecule has 0 amide bonds. The summed E-state index contributed by atoms with van der Waals surface area (Å²) in [6.45, 7) is 0. The van der Waals surface area contributed by atoms with Crippen LogP contribution < -0.4 is 4.90 Å². The number of nitrogens with zero attached hydrogens (tertiary/aromatic N) is 2. The molecule has 0 bridgehead atoms. The number of hydrogen-bond donors (Lipinski definition) is 0. The van der Waals surface area contributed by atoms with Gasteiger partial charge in [0, 0.05) is 33.5 Å². The number of anilines is 3. The number of rotatable bonds is 4. The number of benzene rings is 9. The Hall–Kier alpha value is -6.38. The summed E-state index contributed by atoms with van der Waals surface area (Å²) >= 11 is 0. The zero-order valence-electron chi connectivity index (χ0n) is 26.2. The van der Waals surface area contributed by atoms with Gasteiger partial charge in [0.15, 0.2) is 0 Å². The van der Waals surface area contributed by atoms with Gasteiger partial charge in [0.1, 0.15) is 0 Å². The van der Waals surface area contributed by atoms with Gasteiger partial charge in [0.2, 0.25) is 0 Å². The SMILES string of the molecule is c1ccc(N(c2ccccc2)c2ccc3c(c2)c2ccccc2c2cc4ccc5c(c4cc32)c2ccccc2n5-c2ccccc2)cc1. The number of para-hydroxylation sites is 4. The van der Waals surface area contributed by atoms with E-state index < -0.39 is 0 Å². The molecule has 224 valence electrons. The van der Waals surface area contributed by atoms with Crippen LogP contribution in [0.3, 0.4) is 0 Å². The van der Waals surface area contributed by atoms with Crippen LogP contribution in [0.2, 0.25) is 0 Å². The minimum Gasteiger partial charge on any atom is -0.310 e. The van der Waals surface area contributed by atoms with Crippen molar-refractivity contribution in [3.63, 3.8) is 0 Å². The lowest BCUT2D eigenvalue weighted by Crippen LogP contribution is -2.09. The zero-order chi connectivity index (χ0) is 31.6. The fourth-order valence-corrected chi connectivity index (χ4v) is 7.82. The van der Waals surface area contributed by atoms with E-state index in [2.05, 4.69) is 191 Å². The molecule has 1 aromatic heterocycles. The normalized spacial score (nSPS) is 11.8. The molecular weight excluding hydrogens is 581 g/mol. The molecule has 1 heterocycles. The summed E-state index contributed by atoms with van der Waals surface area (Å²) in [5, 5.41) is 12.7. The third-order valence-corrected chi connectivity index (χ3v) is 9.89. The van der Waals surface area contributed by atoms with Gasteiger partial charge in [-0.15, -0.1) is 0 Å². The second-order valence-corrected chi connectivity index (χ2v) is 12.5. The molecule has 0 saturated heterocycles. The van der Waals surface area contributed by atoms with Crippen LogP contribution in [0.25, 0.3) is 70.6 Å². The van der Waals surface area contributed by atoms with E-state index in [9.17, 15) is 0 Å². The summed E-state index contributed by atoms with van der Waals surface area (Å²) in [5.41, 5.74) is 7.03. The van der Waals surface area contributed by atoms with E-state index in [-0.39, 0.29) is 0 Å². The molecule has 0 aliphatic heterocycles. The molecule has 0 fully saturated rings. The summed E-state index contributed by atoms with van der Waals surface area (Å²) in [7, 11) is 0. The summed E-state index contributed by atoms with van der Waals surface area (Å²) in [6.07, 6.45) is 0. The van der Waals surface area contributed by atoms with E-state index in [1.807, 2.05) is 0 Å². The van der Waals surface area contributed by atoms with Crippen molar-refractivity contribution in [2.75, 3.05) is 4.90 Å². The van der Waals surface area contributed by atoms with Crippen molar-refractivity contribution in [3.8, 4) is 5.69 Å². The van der Waals surface area contributed by atoms with Crippen LogP contribution in [0.5, 0.6) is 0 Å². The average molecular weight is 611 g/mol. The highest BCUT2D eigenvalue weighted by Crippen LogP contribution is 2.44. The number of fused-ring (bicyclic) bond motifs is 11. The smallest absolute Gasteiger partial charge is 0.0547 e. The van der Waals surface area contributed by atoms with Crippen LogP contribution in [-0.4, -0.2) is 4.57 Å². The Morgan fingerprint density at radius 1 is 0.312 bits per heavy atom. The Morgan fingerprint density at radius 3 is 1.54 bits per heavy atom. The van der Waals surface area contributed by atoms with Crippen LogP contribution in [0.4, 0.5) is 17.1 Å². The lowest BCUT2D eigenvalue weighted by atomic mass is 9.91. The Balaban J connectivity index is 1.30. The standard InChI is InChI=1S/C46H30N2/c1-4-14-32(15-5-1)47(33-16-6-2-7-17-33)35-25-26-38-42(29-35)37-21-11-10-20-36(37)41-28-31-24-27-45-46(40(31)30-43(38)41)39-22-12-13-23-44(39)48(45)34-18-8-3-9-19-34/h1-30H. The molecule has 10 rings (SSSR count). The lowest BCUT2D eigenvalue weighted by Gasteiger charge is -2.26. The molecule has 48 heavy (non-hydrogen) atoms. The molecule has 0 N–H and O–H groups in total. The van der Waals surface area contributed by atoms with Crippen LogP contribution >= 0.6 is 0 Å². The Bertz CT molecular complexity index is 2780. The van der Waals surface area contributed by atoms with E-state index in [4.69, 9.17) is 0 Å². The predicted molar refractivity (Wildman–Crippen MR) is 205 cm³/mol. The monoisotopic (exact) mass is 610 g/mol. The van der Waals surface area contributed by atoms with Gasteiger partial charge in [-0.25, -0.2) is 0 Å². The van der Waals surface area contributed by atoms with Crippen LogP contribution in [-0.2, 0) is 0 Å². The first-order valence-corrected chi connectivity index (χ1v) is 16.5. The molecule has 10 aromatic rings. The molecule has 0 radical (unpaired) electrons. The van der Waals surface area contributed by atoms with Crippen molar-refractivity contribution in [2.45, 2.75) is 0 Å². The van der Waals surface area contributed by atoms with Gasteiger partial charge >= 0.3 is 0 Å². The number of hydrogen-bond acceptors (Lipinski definition) is 1. The summed E-state index contributed by atoms with van der Waals surface area (Å²) in [5.74, 6) is 0. The van der Waals surface area contributed by atoms with E-state index >= 15 is 0 Å². The third kappa shape index (κ3) is 4.00.